The number of benzene rings is 2. The van der Waals surface area contributed by atoms with Gasteiger partial charge in [0.2, 0.25) is 0 Å². The first-order chi connectivity index (χ1) is 9.06. The van der Waals surface area contributed by atoms with Gasteiger partial charge in [0.25, 0.3) is 0 Å². The molecule has 0 aliphatic rings. The molecule has 2 aromatic carbocycles. The van der Waals surface area contributed by atoms with Crippen LogP contribution in [-0.2, 0) is 0 Å². The molecule has 1 unspecified atom stereocenters. The van der Waals surface area contributed by atoms with Crippen molar-refractivity contribution in [2.45, 2.75) is 24.8 Å². The lowest BCUT2D eigenvalue weighted by Crippen LogP contribution is -2.14. The highest BCUT2D eigenvalue weighted by atomic mass is 32.2. The standard InChI is InChI=1S/C16H18FNS/c1-11-6-7-15(12(2)8-11)16(18)10-19-14-5-3-4-13(17)9-14/h3-9,16H,10,18H2,1-2H3. The predicted molar refractivity (Wildman–Crippen MR) is 80.0 cm³/mol. The maximum atomic E-state index is 13.1. The van der Waals surface area contributed by atoms with Crippen molar-refractivity contribution in [3.8, 4) is 0 Å². The van der Waals surface area contributed by atoms with E-state index in [-0.39, 0.29) is 11.9 Å². The minimum absolute atomic E-state index is 0.0335. The summed E-state index contributed by atoms with van der Waals surface area (Å²) in [6.07, 6.45) is 0. The van der Waals surface area contributed by atoms with Gasteiger partial charge in [0.05, 0.1) is 0 Å². The third-order valence-electron chi connectivity index (χ3n) is 3.05. The molecule has 0 saturated heterocycles. The van der Waals surface area contributed by atoms with Crippen LogP contribution in [0.4, 0.5) is 4.39 Å². The molecule has 0 aromatic heterocycles. The van der Waals surface area contributed by atoms with Crippen molar-refractivity contribution in [3.05, 3.63) is 65.0 Å². The highest BCUT2D eigenvalue weighted by Crippen LogP contribution is 2.25. The first kappa shape index (κ1) is 14.1. The van der Waals surface area contributed by atoms with Crippen LogP contribution in [0.3, 0.4) is 0 Å². The molecule has 0 saturated carbocycles. The summed E-state index contributed by atoms with van der Waals surface area (Å²) in [5.41, 5.74) is 9.84. The zero-order chi connectivity index (χ0) is 13.8. The Labute approximate surface area is 118 Å². The number of hydrogen-bond acceptors (Lipinski definition) is 2. The lowest BCUT2D eigenvalue weighted by atomic mass is 10.0. The first-order valence-corrected chi connectivity index (χ1v) is 7.26. The van der Waals surface area contributed by atoms with E-state index >= 15 is 0 Å². The minimum atomic E-state index is -0.204. The molecule has 0 aliphatic heterocycles. The number of rotatable bonds is 4. The normalized spacial score (nSPS) is 12.4. The van der Waals surface area contributed by atoms with Crippen LogP contribution in [0, 0.1) is 19.7 Å². The van der Waals surface area contributed by atoms with Gasteiger partial charge in [0, 0.05) is 16.7 Å². The minimum Gasteiger partial charge on any atom is -0.323 e. The fourth-order valence-electron chi connectivity index (χ4n) is 2.07. The largest absolute Gasteiger partial charge is 0.323 e. The van der Waals surface area contributed by atoms with Gasteiger partial charge in [-0.3, -0.25) is 0 Å². The van der Waals surface area contributed by atoms with Gasteiger partial charge in [0.15, 0.2) is 0 Å². The summed E-state index contributed by atoms with van der Waals surface area (Å²) in [5, 5.41) is 0. The molecule has 0 aliphatic carbocycles. The summed E-state index contributed by atoms with van der Waals surface area (Å²) >= 11 is 1.59. The SMILES string of the molecule is Cc1ccc(C(N)CSc2cccc(F)c2)c(C)c1. The Kier molecular flexibility index (Phi) is 4.61. The molecule has 0 radical (unpaired) electrons. The van der Waals surface area contributed by atoms with E-state index in [0.717, 1.165) is 16.2 Å². The smallest absolute Gasteiger partial charge is 0.124 e. The fourth-order valence-corrected chi connectivity index (χ4v) is 3.00. The molecule has 0 spiro atoms. The highest BCUT2D eigenvalue weighted by molar-refractivity contribution is 7.99. The summed E-state index contributed by atoms with van der Waals surface area (Å²) in [5.74, 6) is 0.540. The Morgan fingerprint density at radius 2 is 1.95 bits per heavy atom. The van der Waals surface area contributed by atoms with Gasteiger partial charge in [-0.1, -0.05) is 29.8 Å². The second-order valence-electron chi connectivity index (χ2n) is 4.73. The molecule has 0 fully saturated rings. The van der Waals surface area contributed by atoms with Crippen molar-refractivity contribution < 1.29 is 4.39 Å². The second kappa shape index (κ2) is 6.22. The van der Waals surface area contributed by atoms with E-state index in [2.05, 4.69) is 32.0 Å². The number of halogens is 1. The zero-order valence-electron chi connectivity index (χ0n) is 11.2. The zero-order valence-corrected chi connectivity index (χ0v) is 12.0. The van der Waals surface area contributed by atoms with Crippen LogP contribution in [0.2, 0.25) is 0 Å². The van der Waals surface area contributed by atoms with E-state index in [1.807, 2.05) is 6.07 Å². The Bertz CT molecular complexity index is 568. The van der Waals surface area contributed by atoms with Crippen molar-refractivity contribution in [2.24, 2.45) is 5.73 Å². The average Bonchev–Trinajstić information content (AvgIpc) is 2.36. The molecule has 2 N–H and O–H groups in total. The Morgan fingerprint density at radius 1 is 1.16 bits per heavy atom. The van der Waals surface area contributed by atoms with Crippen LogP contribution in [0.15, 0.2) is 47.4 Å². The van der Waals surface area contributed by atoms with E-state index < -0.39 is 0 Å². The average molecular weight is 275 g/mol. The fraction of sp³-hybridized carbons (Fsp3) is 0.250. The molecule has 2 aromatic rings. The van der Waals surface area contributed by atoms with E-state index in [0.29, 0.717) is 0 Å². The maximum absolute atomic E-state index is 13.1. The number of aryl methyl sites for hydroxylation is 2. The molecule has 19 heavy (non-hydrogen) atoms. The van der Waals surface area contributed by atoms with Gasteiger partial charge in [-0.2, -0.15) is 0 Å². The molecule has 2 rings (SSSR count). The second-order valence-corrected chi connectivity index (χ2v) is 5.83. The van der Waals surface area contributed by atoms with Crippen molar-refractivity contribution >= 4 is 11.8 Å². The Hall–Kier alpha value is -1.32. The monoisotopic (exact) mass is 275 g/mol. The van der Waals surface area contributed by atoms with Crippen molar-refractivity contribution in [1.82, 2.24) is 0 Å². The Balaban J connectivity index is 2.03. The predicted octanol–water partition coefficient (Wildman–Crippen LogP) is 4.23. The molecule has 1 atom stereocenters. The first-order valence-electron chi connectivity index (χ1n) is 6.27. The highest BCUT2D eigenvalue weighted by Gasteiger charge is 2.09. The summed E-state index contributed by atoms with van der Waals surface area (Å²) in [6.45, 7) is 4.15. The number of hydrogen-bond donors (Lipinski definition) is 1. The topological polar surface area (TPSA) is 26.0 Å². The van der Waals surface area contributed by atoms with Crippen LogP contribution >= 0.6 is 11.8 Å². The molecule has 3 heteroatoms. The van der Waals surface area contributed by atoms with E-state index in [9.17, 15) is 4.39 Å². The summed E-state index contributed by atoms with van der Waals surface area (Å²) < 4.78 is 13.1. The van der Waals surface area contributed by atoms with Crippen LogP contribution in [0.1, 0.15) is 22.7 Å². The van der Waals surface area contributed by atoms with Crippen LogP contribution < -0.4 is 5.73 Å². The molecular weight excluding hydrogens is 257 g/mol. The van der Waals surface area contributed by atoms with Gasteiger partial charge in [-0.05, 0) is 43.2 Å². The van der Waals surface area contributed by atoms with E-state index in [1.165, 1.54) is 17.2 Å². The lowest BCUT2D eigenvalue weighted by molar-refractivity contribution is 0.624. The maximum Gasteiger partial charge on any atom is 0.124 e. The molecule has 0 heterocycles. The van der Waals surface area contributed by atoms with E-state index in [4.69, 9.17) is 5.73 Å². The third-order valence-corrected chi connectivity index (χ3v) is 4.16. The lowest BCUT2D eigenvalue weighted by Gasteiger charge is -2.15. The van der Waals surface area contributed by atoms with Crippen LogP contribution in [0.25, 0.3) is 0 Å². The van der Waals surface area contributed by atoms with Gasteiger partial charge in [-0.25, -0.2) is 4.39 Å². The van der Waals surface area contributed by atoms with Crippen molar-refractivity contribution in [3.63, 3.8) is 0 Å². The summed E-state index contributed by atoms with van der Waals surface area (Å²) in [6, 6.07) is 12.9. The van der Waals surface area contributed by atoms with Gasteiger partial charge >= 0.3 is 0 Å². The van der Waals surface area contributed by atoms with Gasteiger partial charge in [0.1, 0.15) is 5.82 Å². The molecule has 0 bridgehead atoms. The quantitative estimate of drug-likeness (QED) is 0.845. The van der Waals surface area contributed by atoms with Gasteiger partial charge < -0.3 is 5.73 Å². The number of nitrogens with two attached hydrogens (primary N) is 1. The molecule has 100 valence electrons. The van der Waals surface area contributed by atoms with Crippen LogP contribution in [0.5, 0.6) is 0 Å². The van der Waals surface area contributed by atoms with Crippen LogP contribution in [-0.4, -0.2) is 5.75 Å². The molecular formula is C16H18FNS. The van der Waals surface area contributed by atoms with Crippen molar-refractivity contribution in [2.75, 3.05) is 5.75 Å². The third kappa shape index (κ3) is 3.82. The number of thioether (sulfide) groups is 1. The summed E-state index contributed by atoms with van der Waals surface area (Å²) in [4.78, 5) is 0.917. The molecule has 1 nitrogen and oxygen atoms in total. The van der Waals surface area contributed by atoms with Gasteiger partial charge in [-0.15, -0.1) is 11.8 Å². The summed E-state index contributed by atoms with van der Waals surface area (Å²) in [7, 11) is 0. The van der Waals surface area contributed by atoms with E-state index in [1.54, 1.807) is 23.9 Å². The molecule has 0 amide bonds. The van der Waals surface area contributed by atoms with Crippen molar-refractivity contribution in [1.29, 1.82) is 0 Å². The Morgan fingerprint density at radius 3 is 2.63 bits per heavy atom.